The average molecular weight is 446 g/mol. The van der Waals surface area contributed by atoms with E-state index in [4.69, 9.17) is 4.63 Å². The van der Waals surface area contributed by atoms with E-state index in [1.165, 1.54) is 62.0 Å². The van der Waals surface area contributed by atoms with E-state index in [0.717, 1.165) is 38.6 Å². The second-order valence-corrected chi connectivity index (χ2v) is 9.67. The summed E-state index contributed by atoms with van der Waals surface area (Å²) < 4.78 is 4.75. The van der Waals surface area contributed by atoms with Crippen LogP contribution in [0.1, 0.15) is 47.2 Å². The lowest BCUT2D eigenvalue weighted by Crippen LogP contribution is -2.48. The Morgan fingerprint density at radius 3 is 2.39 bits per heavy atom. The minimum atomic E-state index is 0.0495. The molecule has 3 aromatic rings. The van der Waals surface area contributed by atoms with Gasteiger partial charge in [0.05, 0.1) is 0 Å². The van der Waals surface area contributed by atoms with Gasteiger partial charge in [0.2, 0.25) is 0 Å². The highest BCUT2D eigenvalue weighted by Crippen LogP contribution is 2.28. The Labute approximate surface area is 194 Å². The zero-order valence-corrected chi connectivity index (χ0v) is 19.1. The summed E-state index contributed by atoms with van der Waals surface area (Å²) in [5.74, 6) is 0.0495. The van der Waals surface area contributed by atoms with Crippen LogP contribution in [0, 0.1) is 0 Å². The first-order valence-electron chi connectivity index (χ1n) is 12.4. The summed E-state index contributed by atoms with van der Waals surface area (Å²) >= 11 is 0. The monoisotopic (exact) mass is 445 g/mol. The SMILES string of the molecule is O=C(c1ccc2nonc2c1)N1CCN(c2ccc3c(c2)CCN(C2CCCC2)CC3)CC1. The van der Waals surface area contributed by atoms with Gasteiger partial charge in [-0.2, -0.15) is 0 Å². The number of amides is 1. The van der Waals surface area contributed by atoms with E-state index in [9.17, 15) is 4.79 Å². The third-order valence-corrected chi connectivity index (χ3v) is 7.80. The molecule has 1 saturated heterocycles. The molecule has 172 valence electrons. The van der Waals surface area contributed by atoms with Gasteiger partial charge in [-0.15, -0.1) is 0 Å². The Hall–Kier alpha value is -2.93. The molecule has 2 fully saturated rings. The van der Waals surface area contributed by atoms with E-state index in [0.29, 0.717) is 16.6 Å². The van der Waals surface area contributed by atoms with Crippen molar-refractivity contribution in [1.82, 2.24) is 20.1 Å². The zero-order chi connectivity index (χ0) is 22.2. The number of nitrogens with zero attached hydrogens (tertiary/aromatic N) is 5. The van der Waals surface area contributed by atoms with Gasteiger partial charge in [-0.1, -0.05) is 18.9 Å². The molecule has 2 aromatic carbocycles. The second kappa shape index (κ2) is 8.78. The number of aromatic nitrogens is 2. The lowest BCUT2D eigenvalue weighted by atomic mass is 10.0. The molecule has 3 heterocycles. The quantitative estimate of drug-likeness (QED) is 0.615. The van der Waals surface area contributed by atoms with E-state index < -0.39 is 0 Å². The van der Waals surface area contributed by atoms with Crippen LogP contribution in [-0.4, -0.2) is 71.3 Å². The van der Waals surface area contributed by atoms with Crippen LogP contribution in [0.3, 0.4) is 0 Å². The molecule has 33 heavy (non-hydrogen) atoms. The van der Waals surface area contributed by atoms with Crippen molar-refractivity contribution in [2.75, 3.05) is 44.2 Å². The molecule has 7 nitrogen and oxygen atoms in total. The first kappa shape index (κ1) is 20.7. The standard InChI is InChI=1S/C26H31N5O2/c32-26(21-6-8-24-25(18-21)28-33-27-24)31-15-13-30(14-16-31)23-7-5-19-9-11-29(12-10-20(19)17-23)22-3-1-2-4-22/h5-8,17-18,22H,1-4,9-16H2. The molecule has 0 bridgehead atoms. The van der Waals surface area contributed by atoms with Crippen molar-refractivity contribution in [1.29, 1.82) is 0 Å². The molecule has 0 N–H and O–H groups in total. The van der Waals surface area contributed by atoms with Gasteiger partial charge in [0, 0.05) is 56.6 Å². The molecule has 1 amide bonds. The van der Waals surface area contributed by atoms with Crippen LogP contribution in [0.2, 0.25) is 0 Å². The number of carbonyl (C=O) groups is 1. The molecule has 1 aromatic heterocycles. The van der Waals surface area contributed by atoms with Gasteiger partial charge in [0.25, 0.3) is 5.91 Å². The summed E-state index contributed by atoms with van der Waals surface area (Å²) in [4.78, 5) is 20.1. The second-order valence-electron chi connectivity index (χ2n) is 9.67. The number of hydrogen-bond acceptors (Lipinski definition) is 6. The average Bonchev–Trinajstić information content (AvgIpc) is 3.52. The molecule has 0 spiro atoms. The third-order valence-electron chi connectivity index (χ3n) is 7.80. The maximum Gasteiger partial charge on any atom is 0.254 e. The van der Waals surface area contributed by atoms with Crippen molar-refractivity contribution >= 4 is 22.6 Å². The molecule has 0 atom stereocenters. The largest absolute Gasteiger partial charge is 0.368 e. The number of hydrogen-bond donors (Lipinski definition) is 0. The van der Waals surface area contributed by atoms with Crippen LogP contribution in [-0.2, 0) is 12.8 Å². The van der Waals surface area contributed by atoms with Crippen LogP contribution >= 0.6 is 0 Å². The van der Waals surface area contributed by atoms with Gasteiger partial charge in [-0.3, -0.25) is 9.69 Å². The van der Waals surface area contributed by atoms with Gasteiger partial charge in [-0.25, -0.2) is 4.63 Å². The number of piperazine rings is 1. The summed E-state index contributed by atoms with van der Waals surface area (Å²) in [5.41, 5.74) is 6.27. The van der Waals surface area contributed by atoms with Crippen molar-refractivity contribution in [3.63, 3.8) is 0 Å². The van der Waals surface area contributed by atoms with Gasteiger partial charge < -0.3 is 9.80 Å². The molecule has 7 heteroatoms. The van der Waals surface area contributed by atoms with Gasteiger partial charge in [0.15, 0.2) is 0 Å². The Balaban J connectivity index is 1.09. The molecule has 2 aliphatic heterocycles. The van der Waals surface area contributed by atoms with E-state index in [1.807, 2.05) is 11.0 Å². The first-order valence-corrected chi connectivity index (χ1v) is 12.4. The van der Waals surface area contributed by atoms with Crippen molar-refractivity contribution in [3.05, 3.63) is 53.1 Å². The van der Waals surface area contributed by atoms with Crippen LogP contribution in [0.25, 0.3) is 11.0 Å². The third kappa shape index (κ3) is 4.10. The topological polar surface area (TPSA) is 65.7 Å². The van der Waals surface area contributed by atoms with E-state index >= 15 is 0 Å². The predicted molar refractivity (Wildman–Crippen MR) is 128 cm³/mol. The predicted octanol–water partition coefficient (Wildman–Crippen LogP) is 3.53. The number of carbonyl (C=O) groups excluding carboxylic acids is 1. The summed E-state index contributed by atoms with van der Waals surface area (Å²) in [5, 5.41) is 7.67. The van der Waals surface area contributed by atoms with Crippen LogP contribution < -0.4 is 4.90 Å². The Morgan fingerprint density at radius 1 is 0.818 bits per heavy atom. The molecule has 3 aliphatic rings. The fraction of sp³-hybridized carbons (Fsp3) is 0.500. The summed E-state index contributed by atoms with van der Waals surface area (Å²) in [6.45, 7) is 5.54. The van der Waals surface area contributed by atoms with E-state index in [-0.39, 0.29) is 5.91 Å². The molecule has 1 saturated carbocycles. The Kier molecular flexibility index (Phi) is 5.50. The van der Waals surface area contributed by atoms with Crippen molar-refractivity contribution in [2.24, 2.45) is 0 Å². The minimum Gasteiger partial charge on any atom is -0.368 e. The summed E-state index contributed by atoms with van der Waals surface area (Å²) in [7, 11) is 0. The smallest absolute Gasteiger partial charge is 0.254 e. The van der Waals surface area contributed by atoms with Crippen molar-refractivity contribution in [3.8, 4) is 0 Å². The molecule has 1 aliphatic carbocycles. The Bertz CT molecular complexity index is 1140. The lowest BCUT2D eigenvalue weighted by molar-refractivity contribution is 0.0747. The Morgan fingerprint density at radius 2 is 1.58 bits per heavy atom. The molecule has 0 radical (unpaired) electrons. The fourth-order valence-electron chi connectivity index (χ4n) is 5.83. The maximum atomic E-state index is 13.0. The highest BCUT2D eigenvalue weighted by Gasteiger charge is 2.26. The lowest BCUT2D eigenvalue weighted by Gasteiger charge is -2.36. The highest BCUT2D eigenvalue weighted by atomic mass is 16.6. The number of rotatable bonds is 3. The van der Waals surface area contributed by atoms with Crippen LogP contribution in [0.4, 0.5) is 5.69 Å². The fourth-order valence-corrected chi connectivity index (χ4v) is 5.83. The minimum absolute atomic E-state index is 0.0495. The molecule has 0 unspecified atom stereocenters. The number of fused-ring (bicyclic) bond motifs is 2. The normalized spacial score (nSPS) is 20.2. The number of benzene rings is 2. The zero-order valence-electron chi connectivity index (χ0n) is 19.1. The summed E-state index contributed by atoms with van der Waals surface area (Å²) in [6.07, 6.45) is 7.89. The van der Waals surface area contributed by atoms with Gasteiger partial charge >= 0.3 is 0 Å². The number of anilines is 1. The highest BCUT2D eigenvalue weighted by molar-refractivity contribution is 5.97. The van der Waals surface area contributed by atoms with Gasteiger partial charge in [0.1, 0.15) is 11.0 Å². The molecule has 6 rings (SSSR count). The van der Waals surface area contributed by atoms with E-state index in [2.05, 4.69) is 38.3 Å². The molecular weight excluding hydrogens is 414 g/mol. The van der Waals surface area contributed by atoms with Crippen LogP contribution in [0.15, 0.2) is 41.0 Å². The first-order chi connectivity index (χ1) is 16.2. The maximum absolute atomic E-state index is 13.0. The van der Waals surface area contributed by atoms with E-state index in [1.54, 1.807) is 12.1 Å². The molecular formula is C26H31N5O2. The van der Waals surface area contributed by atoms with Crippen molar-refractivity contribution < 1.29 is 9.42 Å². The van der Waals surface area contributed by atoms with Gasteiger partial charge in [-0.05, 0) is 77.5 Å². The van der Waals surface area contributed by atoms with Crippen LogP contribution in [0.5, 0.6) is 0 Å². The summed E-state index contributed by atoms with van der Waals surface area (Å²) in [6, 6.07) is 13.2. The van der Waals surface area contributed by atoms with Crippen molar-refractivity contribution in [2.45, 2.75) is 44.6 Å².